The van der Waals surface area contributed by atoms with Crippen molar-refractivity contribution in [1.29, 1.82) is 0 Å². The number of likely N-dealkylation sites (N-methyl/N-ethyl adjacent to an activating group) is 1. The van der Waals surface area contributed by atoms with Crippen molar-refractivity contribution in [2.75, 3.05) is 20.7 Å². The van der Waals surface area contributed by atoms with Gasteiger partial charge in [0.15, 0.2) is 0 Å². The second-order valence-corrected chi connectivity index (χ2v) is 3.99. The molecule has 18 heavy (non-hydrogen) atoms. The van der Waals surface area contributed by atoms with Crippen LogP contribution in [0.2, 0.25) is 0 Å². The summed E-state index contributed by atoms with van der Waals surface area (Å²) in [6.45, 7) is -0.0607. The van der Waals surface area contributed by atoms with Crippen LogP contribution >= 0.6 is 0 Å². The number of esters is 1. The van der Waals surface area contributed by atoms with E-state index in [1.807, 2.05) is 24.3 Å². The number of amides is 1. The first-order valence-corrected chi connectivity index (χ1v) is 5.52. The Kier molecular flexibility index (Phi) is 3.32. The second-order valence-electron chi connectivity index (χ2n) is 3.99. The molecule has 0 aliphatic heterocycles. The van der Waals surface area contributed by atoms with E-state index in [1.54, 1.807) is 13.2 Å². The molecular formula is C13H14N2O3. The fourth-order valence-electron chi connectivity index (χ4n) is 1.78. The van der Waals surface area contributed by atoms with Gasteiger partial charge in [0.2, 0.25) is 0 Å². The normalized spacial score (nSPS) is 10.3. The zero-order chi connectivity index (χ0) is 13.1. The van der Waals surface area contributed by atoms with Crippen molar-refractivity contribution in [2.45, 2.75) is 0 Å². The van der Waals surface area contributed by atoms with Gasteiger partial charge in [0, 0.05) is 24.1 Å². The van der Waals surface area contributed by atoms with Gasteiger partial charge in [0.05, 0.1) is 12.7 Å². The summed E-state index contributed by atoms with van der Waals surface area (Å²) in [5.41, 5.74) is 1.45. The maximum atomic E-state index is 12.2. The summed E-state index contributed by atoms with van der Waals surface area (Å²) in [5.74, 6) is -0.649. The number of benzene rings is 1. The largest absolute Gasteiger partial charge is 0.468 e. The zero-order valence-corrected chi connectivity index (χ0v) is 10.3. The lowest BCUT2D eigenvalue weighted by atomic mass is 10.1. The summed E-state index contributed by atoms with van der Waals surface area (Å²) in [6, 6.07) is 7.52. The molecule has 5 heteroatoms. The third kappa shape index (κ3) is 2.20. The number of ether oxygens (including phenoxy) is 1. The number of para-hydroxylation sites is 1. The number of hydrogen-bond acceptors (Lipinski definition) is 3. The van der Waals surface area contributed by atoms with E-state index >= 15 is 0 Å². The lowest BCUT2D eigenvalue weighted by molar-refractivity contribution is -0.141. The Balaban J connectivity index is 2.25. The number of rotatable bonds is 3. The Morgan fingerprint density at radius 3 is 2.78 bits per heavy atom. The standard InChI is InChI=1S/C13H14N2O3/c1-15(8-12(16)18-2)13(17)10-7-14-11-6-4-3-5-9(10)11/h3-7,14H,8H2,1-2H3. The second kappa shape index (κ2) is 4.91. The number of fused-ring (bicyclic) bond motifs is 1. The molecule has 0 unspecified atom stereocenters. The summed E-state index contributed by atoms with van der Waals surface area (Å²) in [4.78, 5) is 27.7. The molecule has 94 valence electrons. The van der Waals surface area contributed by atoms with E-state index in [0.29, 0.717) is 5.56 Å². The van der Waals surface area contributed by atoms with E-state index in [9.17, 15) is 9.59 Å². The Morgan fingerprint density at radius 2 is 2.06 bits per heavy atom. The molecule has 0 spiro atoms. The predicted octanol–water partition coefficient (Wildman–Crippen LogP) is 1.41. The number of aromatic amines is 1. The molecule has 2 aromatic rings. The van der Waals surface area contributed by atoms with Crippen LogP contribution in [0.3, 0.4) is 0 Å². The van der Waals surface area contributed by atoms with Crippen LogP contribution < -0.4 is 0 Å². The Morgan fingerprint density at radius 1 is 1.33 bits per heavy atom. The minimum atomic E-state index is -0.439. The van der Waals surface area contributed by atoms with Crippen molar-refractivity contribution in [1.82, 2.24) is 9.88 Å². The first-order chi connectivity index (χ1) is 8.63. The molecule has 0 saturated carbocycles. The third-order valence-electron chi connectivity index (χ3n) is 2.76. The highest BCUT2D eigenvalue weighted by molar-refractivity contribution is 6.07. The van der Waals surface area contributed by atoms with Crippen LogP contribution in [0.5, 0.6) is 0 Å². The lowest BCUT2D eigenvalue weighted by Gasteiger charge is -2.14. The van der Waals surface area contributed by atoms with Crippen LogP contribution in [0.1, 0.15) is 10.4 Å². The number of H-pyrrole nitrogens is 1. The van der Waals surface area contributed by atoms with E-state index < -0.39 is 5.97 Å². The third-order valence-corrected chi connectivity index (χ3v) is 2.76. The Bertz CT molecular complexity index is 589. The number of carbonyl (C=O) groups is 2. The van der Waals surface area contributed by atoms with Crippen molar-refractivity contribution in [2.24, 2.45) is 0 Å². The molecule has 1 N–H and O–H groups in total. The number of methoxy groups -OCH3 is 1. The molecule has 0 bridgehead atoms. The van der Waals surface area contributed by atoms with Crippen LogP contribution in [0.4, 0.5) is 0 Å². The van der Waals surface area contributed by atoms with Gasteiger partial charge in [-0.2, -0.15) is 0 Å². The lowest BCUT2D eigenvalue weighted by Crippen LogP contribution is -2.32. The van der Waals surface area contributed by atoms with E-state index in [0.717, 1.165) is 10.9 Å². The molecular weight excluding hydrogens is 232 g/mol. The summed E-state index contributed by atoms with van der Waals surface area (Å²) in [5, 5.41) is 0.846. The van der Waals surface area contributed by atoms with Crippen molar-refractivity contribution in [3.63, 3.8) is 0 Å². The van der Waals surface area contributed by atoms with Gasteiger partial charge in [0.1, 0.15) is 6.54 Å². The molecule has 1 aromatic carbocycles. The number of nitrogens with one attached hydrogen (secondary N) is 1. The van der Waals surface area contributed by atoms with Gasteiger partial charge in [-0.05, 0) is 6.07 Å². The molecule has 1 amide bonds. The van der Waals surface area contributed by atoms with Gasteiger partial charge < -0.3 is 14.6 Å². The minimum Gasteiger partial charge on any atom is -0.468 e. The molecule has 0 aliphatic carbocycles. The van der Waals surface area contributed by atoms with Crippen LogP contribution in [0, 0.1) is 0 Å². The summed E-state index contributed by atoms with van der Waals surface area (Å²) in [7, 11) is 2.87. The van der Waals surface area contributed by atoms with Gasteiger partial charge in [0.25, 0.3) is 5.91 Å². The van der Waals surface area contributed by atoms with Gasteiger partial charge in [-0.3, -0.25) is 9.59 Å². The monoisotopic (exact) mass is 246 g/mol. The van der Waals surface area contributed by atoms with Gasteiger partial charge in [-0.1, -0.05) is 18.2 Å². The summed E-state index contributed by atoms with van der Waals surface area (Å²) < 4.78 is 4.54. The average molecular weight is 246 g/mol. The van der Waals surface area contributed by atoms with Crippen LogP contribution in [-0.2, 0) is 9.53 Å². The summed E-state index contributed by atoms with van der Waals surface area (Å²) in [6.07, 6.45) is 1.65. The van der Waals surface area contributed by atoms with Crippen molar-refractivity contribution in [3.05, 3.63) is 36.0 Å². The van der Waals surface area contributed by atoms with E-state index in [2.05, 4.69) is 9.72 Å². The maximum Gasteiger partial charge on any atom is 0.325 e. The predicted molar refractivity (Wildman–Crippen MR) is 67.3 cm³/mol. The maximum absolute atomic E-state index is 12.2. The van der Waals surface area contributed by atoms with Crippen molar-refractivity contribution < 1.29 is 14.3 Å². The molecule has 0 atom stereocenters. The number of carbonyl (C=O) groups excluding carboxylic acids is 2. The molecule has 5 nitrogen and oxygen atoms in total. The highest BCUT2D eigenvalue weighted by Crippen LogP contribution is 2.18. The number of aromatic nitrogens is 1. The number of hydrogen-bond donors (Lipinski definition) is 1. The average Bonchev–Trinajstić information content (AvgIpc) is 2.81. The molecule has 2 rings (SSSR count). The van der Waals surface area contributed by atoms with E-state index in [1.165, 1.54) is 12.0 Å². The van der Waals surface area contributed by atoms with Crippen LogP contribution in [-0.4, -0.2) is 42.5 Å². The first-order valence-electron chi connectivity index (χ1n) is 5.52. The van der Waals surface area contributed by atoms with Crippen molar-refractivity contribution >= 4 is 22.8 Å². The molecule has 0 fully saturated rings. The first kappa shape index (κ1) is 12.2. The van der Waals surface area contributed by atoms with Gasteiger partial charge in [-0.25, -0.2) is 0 Å². The highest BCUT2D eigenvalue weighted by Gasteiger charge is 2.18. The van der Waals surface area contributed by atoms with E-state index in [4.69, 9.17) is 0 Å². The van der Waals surface area contributed by atoms with Gasteiger partial charge in [-0.15, -0.1) is 0 Å². The van der Waals surface area contributed by atoms with Crippen LogP contribution in [0.15, 0.2) is 30.5 Å². The smallest absolute Gasteiger partial charge is 0.325 e. The highest BCUT2D eigenvalue weighted by atomic mass is 16.5. The molecule has 0 radical (unpaired) electrons. The quantitative estimate of drug-likeness (QED) is 0.833. The SMILES string of the molecule is COC(=O)CN(C)C(=O)c1c[nH]c2ccccc12. The molecule has 1 heterocycles. The fourth-order valence-corrected chi connectivity index (χ4v) is 1.78. The molecule has 1 aromatic heterocycles. The molecule has 0 aliphatic rings. The Labute approximate surface area is 104 Å². The van der Waals surface area contributed by atoms with Crippen molar-refractivity contribution in [3.8, 4) is 0 Å². The zero-order valence-electron chi connectivity index (χ0n) is 10.3. The number of nitrogens with zero attached hydrogens (tertiary/aromatic N) is 1. The molecule has 0 saturated heterocycles. The van der Waals surface area contributed by atoms with E-state index in [-0.39, 0.29) is 12.5 Å². The Hall–Kier alpha value is -2.30. The summed E-state index contributed by atoms with van der Waals surface area (Å²) >= 11 is 0. The van der Waals surface area contributed by atoms with Gasteiger partial charge >= 0.3 is 5.97 Å². The van der Waals surface area contributed by atoms with Crippen LogP contribution in [0.25, 0.3) is 10.9 Å². The fraction of sp³-hybridized carbons (Fsp3) is 0.231. The topological polar surface area (TPSA) is 62.4 Å². The minimum absolute atomic E-state index is 0.0607.